The summed E-state index contributed by atoms with van der Waals surface area (Å²) in [5.74, 6) is 2.06. The molecule has 0 atom stereocenters. The number of rotatable bonds is 8. The number of benzene rings is 1. The van der Waals surface area contributed by atoms with Gasteiger partial charge in [0.05, 0.1) is 0 Å². The molecule has 5 nitrogen and oxygen atoms in total. The minimum absolute atomic E-state index is 0. The number of hydrogen-bond donors (Lipinski definition) is 1. The number of aliphatic imine (C=N–C) groups is 1. The second kappa shape index (κ2) is 13.2. The first kappa shape index (κ1) is 23.3. The molecule has 0 spiro atoms. The molecule has 6 heteroatoms. The molecule has 0 amide bonds. The SMILES string of the molecule is CCNC(=NCCCCN1CCCC1)N1CCC(Oc2ccccc2)CC1.I. The fourth-order valence-electron chi connectivity index (χ4n) is 3.94. The summed E-state index contributed by atoms with van der Waals surface area (Å²) in [4.78, 5) is 9.87. The number of hydrogen-bond acceptors (Lipinski definition) is 3. The molecule has 2 aliphatic heterocycles. The average Bonchev–Trinajstić information content (AvgIpc) is 3.22. The normalized spacial score (nSPS) is 18.8. The number of ether oxygens (including phenoxy) is 1. The Hall–Kier alpha value is -1.02. The molecule has 2 aliphatic rings. The van der Waals surface area contributed by atoms with Crippen molar-refractivity contribution in [2.45, 2.75) is 51.6 Å². The van der Waals surface area contributed by atoms with E-state index in [4.69, 9.17) is 9.73 Å². The molecule has 28 heavy (non-hydrogen) atoms. The van der Waals surface area contributed by atoms with Crippen LogP contribution in [-0.2, 0) is 0 Å². The molecule has 0 unspecified atom stereocenters. The van der Waals surface area contributed by atoms with E-state index in [-0.39, 0.29) is 24.0 Å². The molecule has 0 aliphatic carbocycles. The van der Waals surface area contributed by atoms with Gasteiger partial charge in [0, 0.05) is 39.0 Å². The summed E-state index contributed by atoms with van der Waals surface area (Å²) in [6.07, 6.45) is 7.61. The summed E-state index contributed by atoms with van der Waals surface area (Å²) in [5.41, 5.74) is 0. The highest BCUT2D eigenvalue weighted by atomic mass is 127. The molecule has 2 fully saturated rings. The fourth-order valence-corrected chi connectivity index (χ4v) is 3.94. The van der Waals surface area contributed by atoms with Gasteiger partial charge in [0.15, 0.2) is 5.96 Å². The van der Waals surface area contributed by atoms with Gasteiger partial charge in [-0.05, 0) is 64.4 Å². The van der Waals surface area contributed by atoms with Crippen molar-refractivity contribution < 1.29 is 4.74 Å². The van der Waals surface area contributed by atoms with E-state index < -0.39 is 0 Å². The smallest absolute Gasteiger partial charge is 0.193 e. The second-order valence-electron chi connectivity index (χ2n) is 7.61. The molecule has 158 valence electrons. The van der Waals surface area contributed by atoms with Crippen molar-refractivity contribution in [1.82, 2.24) is 15.1 Å². The Morgan fingerprint density at radius 3 is 2.46 bits per heavy atom. The number of nitrogens with one attached hydrogen (secondary N) is 1. The summed E-state index contributed by atoms with van der Waals surface area (Å²) in [5, 5.41) is 3.47. The third-order valence-electron chi connectivity index (χ3n) is 5.47. The Kier molecular flexibility index (Phi) is 11.0. The zero-order valence-electron chi connectivity index (χ0n) is 17.3. The van der Waals surface area contributed by atoms with Crippen molar-refractivity contribution in [2.75, 3.05) is 45.8 Å². The number of guanidine groups is 1. The molecule has 2 saturated heterocycles. The molecular weight excluding hydrogens is 463 g/mol. The third kappa shape index (κ3) is 7.78. The van der Waals surface area contributed by atoms with Crippen molar-refractivity contribution >= 4 is 29.9 Å². The number of piperidine rings is 1. The van der Waals surface area contributed by atoms with Crippen LogP contribution in [0.5, 0.6) is 5.75 Å². The molecule has 1 N–H and O–H groups in total. The van der Waals surface area contributed by atoms with E-state index in [1.54, 1.807) is 0 Å². The van der Waals surface area contributed by atoms with Gasteiger partial charge >= 0.3 is 0 Å². The van der Waals surface area contributed by atoms with Crippen LogP contribution < -0.4 is 10.1 Å². The highest BCUT2D eigenvalue weighted by molar-refractivity contribution is 14.0. The van der Waals surface area contributed by atoms with Gasteiger partial charge in [0.1, 0.15) is 11.9 Å². The molecular formula is C22H37IN4O. The van der Waals surface area contributed by atoms with Crippen molar-refractivity contribution in [2.24, 2.45) is 4.99 Å². The third-order valence-corrected chi connectivity index (χ3v) is 5.47. The van der Waals surface area contributed by atoms with E-state index in [1.165, 1.54) is 45.3 Å². The van der Waals surface area contributed by atoms with Gasteiger partial charge in [-0.3, -0.25) is 4.99 Å². The summed E-state index contributed by atoms with van der Waals surface area (Å²) >= 11 is 0. The van der Waals surface area contributed by atoms with Crippen molar-refractivity contribution in [3.8, 4) is 5.75 Å². The maximum absolute atomic E-state index is 6.11. The van der Waals surface area contributed by atoms with Crippen molar-refractivity contribution in [1.29, 1.82) is 0 Å². The van der Waals surface area contributed by atoms with Crippen LogP contribution in [0.2, 0.25) is 0 Å². The van der Waals surface area contributed by atoms with Gasteiger partial charge in [0.2, 0.25) is 0 Å². The van der Waals surface area contributed by atoms with E-state index in [0.29, 0.717) is 6.10 Å². The monoisotopic (exact) mass is 500 g/mol. The summed E-state index contributed by atoms with van der Waals surface area (Å²) in [6, 6.07) is 10.2. The number of nitrogens with zero attached hydrogens (tertiary/aromatic N) is 3. The van der Waals surface area contributed by atoms with E-state index >= 15 is 0 Å². The summed E-state index contributed by atoms with van der Waals surface area (Å²) in [6.45, 7) is 9.86. The average molecular weight is 500 g/mol. The minimum atomic E-state index is 0. The van der Waals surface area contributed by atoms with Gasteiger partial charge in [0.25, 0.3) is 0 Å². The Bertz CT molecular complexity index is 555. The van der Waals surface area contributed by atoms with Crippen LogP contribution in [0.15, 0.2) is 35.3 Å². The lowest BCUT2D eigenvalue weighted by Gasteiger charge is -2.34. The van der Waals surface area contributed by atoms with Crippen LogP contribution in [0.4, 0.5) is 0 Å². The first-order valence-electron chi connectivity index (χ1n) is 10.8. The lowest BCUT2D eigenvalue weighted by Crippen LogP contribution is -2.47. The topological polar surface area (TPSA) is 40.1 Å². The number of unbranched alkanes of at least 4 members (excludes halogenated alkanes) is 1. The Morgan fingerprint density at radius 1 is 1.07 bits per heavy atom. The number of likely N-dealkylation sites (tertiary alicyclic amines) is 2. The van der Waals surface area contributed by atoms with Crippen LogP contribution in [0.1, 0.15) is 45.4 Å². The zero-order chi connectivity index (χ0) is 18.7. The number of para-hydroxylation sites is 1. The number of halogens is 1. The van der Waals surface area contributed by atoms with Gasteiger partial charge in [-0.25, -0.2) is 0 Å². The maximum Gasteiger partial charge on any atom is 0.193 e. The Morgan fingerprint density at radius 2 is 1.79 bits per heavy atom. The van der Waals surface area contributed by atoms with Crippen LogP contribution in [-0.4, -0.2) is 67.7 Å². The quantitative estimate of drug-likeness (QED) is 0.254. The van der Waals surface area contributed by atoms with Gasteiger partial charge < -0.3 is 19.9 Å². The van der Waals surface area contributed by atoms with Crippen LogP contribution >= 0.6 is 24.0 Å². The predicted molar refractivity (Wildman–Crippen MR) is 128 cm³/mol. The molecule has 2 heterocycles. The molecule has 1 aromatic carbocycles. The van der Waals surface area contributed by atoms with E-state index in [0.717, 1.165) is 50.7 Å². The molecule has 1 aromatic rings. The molecule has 0 saturated carbocycles. The van der Waals surface area contributed by atoms with E-state index in [9.17, 15) is 0 Å². The van der Waals surface area contributed by atoms with E-state index in [2.05, 4.69) is 22.0 Å². The minimum Gasteiger partial charge on any atom is -0.490 e. The summed E-state index contributed by atoms with van der Waals surface area (Å²) in [7, 11) is 0. The van der Waals surface area contributed by atoms with Crippen molar-refractivity contribution in [3.63, 3.8) is 0 Å². The predicted octanol–water partition coefficient (Wildman–Crippen LogP) is 3.99. The lowest BCUT2D eigenvalue weighted by molar-refractivity contribution is 0.129. The highest BCUT2D eigenvalue weighted by Gasteiger charge is 2.22. The van der Waals surface area contributed by atoms with Gasteiger partial charge in [-0.15, -0.1) is 24.0 Å². The first-order valence-corrected chi connectivity index (χ1v) is 10.8. The highest BCUT2D eigenvalue weighted by Crippen LogP contribution is 2.18. The van der Waals surface area contributed by atoms with Crippen molar-refractivity contribution in [3.05, 3.63) is 30.3 Å². The fraction of sp³-hybridized carbons (Fsp3) is 0.682. The molecule has 3 rings (SSSR count). The maximum atomic E-state index is 6.11. The molecule has 0 aromatic heterocycles. The largest absolute Gasteiger partial charge is 0.490 e. The van der Waals surface area contributed by atoms with Gasteiger partial charge in [-0.2, -0.15) is 0 Å². The Balaban J connectivity index is 0.00000280. The van der Waals surface area contributed by atoms with Crippen LogP contribution in [0.3, 0.4) is 0 Å². The van der Waals surface area contributed by atoms with E-state index in [1.807, 2.05) is 30.3 Å². The standard InChI is InChI=1S/C22H36N4O.HI/c1-2-23-22(24-14-6-7-15-25-16-8-9-17-25)26-18-12-21(13-19-26)27-20-10-4-3-5-11-20;/h3-5,10-11,21H,2,6-9,12-19H2,1H3,(H,23,24);1H. The second-order valence-corrected chi connectivity index (χ2v) is 7.61. The zero-order valence-corrected chi connectivity index (χ0v) is 19.6. The lowest BCUT2D eigenvalue weighted by atomic mass is 10.1. The summed E-state index contributed by atoms with van der Waals surface area (Å²) < 4.78 is 6.11. The molecule has 0 bridgehead atoms. The first-order chi connectivity index (χ1) is 13.3. The van der Waals surface area contributed by atoms with Crippen LogP contribution in [0, 0.1) is 0 Å². The Labute approximate surface area is 187 Å². The van der Waals surface area contributed by atoms with Gasteiger partial charge in [-0.1, -0.05) is 18.2 Å². The molecule has 0 radical (unpaired) electrons. The van der Waals surface area contributed by atoms with Crippen LogP contribution in [0.25, 0.3) is 0 Å².